The van der Waals surface area contributed by atoms with E-state index in [-0.39, 0.29) is 12.5 Å². The predicted molar refractivity (Wildman–Crippen MR) is 77.0 cm³/mol. The van der Waals surface area contributed by atoms with E-state index in [1.165, 1.54) is 11.3 Å². The van der Waals surface area contributed by atoms with E-state index >= 15 is 0 Å². The van der Waals surface area contributed by atoms with Gasteiger partial charge in [0.1, 0.15) is 17.8 Å². The summed E-state index contributed by atoms with van der Waals surface area (Å²) in [6.45, 7) is 0.232. The predicted octanol–water partition coefficient (Wildman–Crippen LogP) is 2.14. The molecule has 102 valence electrons. The van der Waals surface area contributed by atoms with Gasteiger partial charge in [0.15, 0.2) is 0 Å². The number of hydrogen-bond donors (Lipinski definition) is 1. The maximum absolute atomic E-state index is 11.9. The molecule has 0 saturated carbocycles. The van der Waals surface area contributed by atoms with Crippen molar-refractivity contribution in [2.75, 3.05) is 12.4 Å². The molecular formula is C13H12N4O2S. The maximum atomic E-state index is 11.9. The van der Waals surface area contributed by atoms with Crippen molar-refractivity contribution in [1.82, 2.24) is 14.8 Å². The van der Waals surface area contributed by atoms with Crippen molar-refractivity contribution in [2.24, 2.45) is 0 Å². The van der Waals surface area contributed by atoms with Gasteiger partial charge in [0.05, 0.1) is 7.11 Å². The van der Waals surface area contributed by atoms with Gasteiger partial charge in [0, 0.05) is 17.1 Å². The van der Waals surface area contributed by atoms with Crippen LogP contribution in [-0.4, -0.2) is 27.8 Å². The number of carbonyl (C=O) groups is 1. The van der Waals surface area contributed by atoms with Crippen LogP contribution in [0.25, 0.3) is 10.9 Å². The van der Waals surface area contributed by atoms with Gasteiger partial charge in [0.25, 0.3) is 0 Å². The third-order valence-corrected chi connectivity index (χ3v) is 3.51. The molecule has 1 N–H and O–H groups in total. The number of nitrogens with one attached hydrogen (secondary N) is 1. The van der Waals surface area contributed by atoms with Gasteiger partial charge in [-0.25, -0.2) is 0 Å². The van der Waals surface area contributed by atoms with Gasteiger partial charge >= 0.3 is 0 Å². The number of fused-ring (bicyclic) bond motifs is 1. The number of amides is 1. The first-order chi connectivity index (χ1) is 9.76. The lowest BCUT2D eigenvalue weighted by Crippen LogP contribution is -2.18. The molecule has 0 aliphatic rings. The van der Waals surface area contributed by atoms with Crippen LogP contribution in [0.5, 0.6) is 5.75 Å². The Morgan fingerprint density at radius 2 is 2.35 bits per heavy atom. The molecule has 6 nitrogen and oxygen atoms in total. The number of methoxy groups -OCH3 is 1. The second-order valence-electron chi connectivity index (χ2n) is 4.16. The molecule has 1 aromatic carbocycles. The summed E-state index contributed by atoms with van der Waals surface area (Å²) in [7, 11) is 1.63. The summed E-state index contributed by atoms with van der Waals surface area (Å²) in [4.78, 5) is 11.9. The molecule has 3 rings (SSSR count). The summed E-state index contributed by atoms with van der Waals surface area (Å²) < 4.78 is 7.06. The van der Waals surface area contributed by atoms with E-state index < -0.39 is 0 Å². The molecule has 0 aliphatic heterocycles. The van der Waals surface area contributed by atoms with E-state index in [1.807, 2.05) is 35.0 Å². The number of ether oxygens (including phenoxy) is 1. The number of benzene rings is 1. The fourth-order valence-electron chi connectivity index (χ4n) is 1.98. The molecule has 0 unspecified atom stereocenters. The highest BCUT2D eigenvalue weighted by atomic mass is 32.1. The highest BCUT2D eigenvalue weighted by molar-refractivity contribution is 7.13. The molecule has 0 aliphatic carbocycles. The van der Waals surface area contributed by atoms with Crippen LogP contribution in [0, 0.1) is 0 Å². The number of aromatic nitrogens is 3. The van der Waals surface area contributed by atoms with E-state index in [1.54, 1.807) is 12.6 Å². The molecule has 2 aromatic heterocycles. The summed E-state index contributed by atoms with van der Waals surface area (Å²) in [5.74, 6) is 0.670. The second-order valence-corrected chi connectivity index (χ2v) is 4.99. The van der Waals surface area contributed by atoms with Gasteiger partial charge in [-0.2, -0.15) is 0 Å². The van der Waals surface area contributed by atoms with E-state index in [4.69, 9.17) is 4.74 Å². The van der Waals surface area contributed by atoms with Crippen molar-refractivity contribution in [1.29, 1.82) is 0 Å². The van der Waals surface area contributed by atoms with Gasteiger partial charge in [-0.3, -0.25) is 10.1 Å². The smallest absolute Gasteiger partial charge is 0.246 e. The quantitative estimate of drug-likeness (QED) is 0.798. The number of hydrogen-bond acceptors (Lipinski definition) is 5. The van der Waals surface area contributed by atoms with E-state index in [2.05, 4.69) is 15.5 Å². The number of rotatable bonds is 4. The van der Waals surface area contributed by atoms with Crippen LogP contribution in [0.4, 0.5) is 5.13 Å². The molecule has 1 amide bonds. The molecular weight excluding hydrogens is 276 g/mol. The van der Waals surface area contributed by atoms with Crippen molar-refractivity contribution in [3.63, 3.8) is 0 Å². The normalized spacial score (nSPS) is 10.7. The number of carbonyl (C=O) groups excluding carboxylic acids is 1. The standard InChI is InChI=1S/C13H12N4O2S/c1-19-10-2-3-11-9(6-10)4-5-17(11)7-12(18)15-13-16-14-8-20-13/h2-6,8H,7H2,1H3,(H,15,16,18). The average Bonchev–Trinajstić information content (AvgIpc) is 3.08. The molecule has 0 fully saturated rings. The fraction of sp³-hybridized carbons (Fsp3) is 0.154. The molecule has 2 heterocycles. The van der Waals surface area contributed by atoms with Gasteiger partial charge < -0.3 is 9.30 Å². The van der Waals surface area contributed by atoms with Crippen molar-refractivity contribution in [3.8, 4) is 5.75 Å². The van der Waals surface area contributed by atoms with Gasteiger partial charge in [0.2, 0.25) is 11.0 Å². The van der Waals surface area contributed by atoms with E-state index in [0.29, 0.717) is 5.13 Å². The van der Waals surface area contributed by atoms with Crippen molar-refractivity contribution in [3.05, 3.63) is 36.0 Å². The van der Waals surface area contributed by atoms with Crippen LogP contribution in [0.15, 0.2) is 36.0 Å². The molecule has 7 heteroatoms. The Bertz CT molecular complexity index is 736. The Labute approximate surface area is 119 Å². The minimum Gasteiger partial charge on any atom is -0.497 e. The zero-order valence-electron chi connectivity index (χ0n) is 10.7. The van der Waals surface area contributed by atoms with Crippen molar-refractivity contribution < 1.29 is 9.53 Å². The average molecular weight is 288 g/mol. The summed E-state index contributed by atoms with van der Waals surface area (Å²) in [6.07, 6.45) is 1.88. The minimum absolute atomic E-state index is 0.130. The Morgan fingerprint density at radius 3 is 3.10 bits per heavy atom. The number of nitrogens with zero attached hydrogens (tertiary/aromatic N) is 3. The highest BCUT2D eigenvalue weighted by Gasteiger charge is 2.08. The van der Waals surface area contributed by atoms with Crippen LogP contribution in [0.1, 0.15) is 0 Å². The topological polar surface area (TPSA) is 69.0 Å². The largest absolute Gasteiger partial charge is 0.497 e. The Morgan fingerprint density at radius 1 is 1.45 bits per heavy atom. The molecule has 20 heavy (non-hydrogen) atoms. The Kier molecular flexibility index (Phi) is 3.34. The second kappa shape index (κ2) is 5.30. The lowest BCUT2D eigenvalue weighted by Gasteiger charge is -2.05. The van der Waals surface area contributed by atoms with Crippen molar-refractivity contribution in [2.45, 2.75) is 6.54 Å². The van der Waals surface area contributed by atoms with Gasteiger partial charge in [-0.15, -0.1) is 10.2 Å². The van der Waals surface area contributed by atoms with Crippen molar-refractivity contribution >= 4 is 33.3 Å². The van der Waals surface area contributed by atoms with E-state index in [9.17, 15) is 4.79 Å². The van der Waals surface area contributed by atoms with Crippen LogP contribution in [0.2, 0.25) is 0 Å². The SMILES string of the molecule is COc1ccc2c(ccn2CC(=O)Nc2nncs2)c1. The summed E-state index contributed by atoms with van der Waals surface area (Å²) >= 11 is 1.29. The molecule has 0 saturated heterocycles. The zero-order chi connectivity index (χ0) is 13.9. The highest BCUT2D eigenvalue weighted by Crippen LogP contribution is 2.21. The monoisotopic (exact) mass is 288 g/mol. The first-order valence-electron chi connectivity index (χ1n) is 5.95. The van der Waals surface area contributed by atoms with Crippen LogP contribution < -0.4 is 10.1 Å². The fourth-order valence-corrected chi connectivity index (χ4v) is 2.45. The minimum atomic E-state index is -0.130. The summed E-state index contributed by atoms with van der Waals surface area (Å²) in [5, 5.41) is 11.7. The third kappa shape index (κ3) is 2.48. The van der Waals surface area contributed by atoms with Gasteiger partial charge in [-0.1, -0.05) is 11.3 Å². The zero-order valence-corrected chi connectivity index (χ0v) is 11.6. The lowest BCUT2D eigenvalue weighted by molar-refractivity contribution is -0.116. The Balaban J connectivity index is 1.79. The van der Waals surface area contributed by atoms with Crippen LogP contribution in [0.3, 0.4) is 0 Å². The van der Waals surface area contributed by atoms with Crippen LogP contribution in [-0.2, 0) is 11.3 Å². The summed E-state index contributed by atoms with van der Waals surface area (Å²) in [5.41, 5.74) is 2.56. The molecule has 0 spiro atoms. The van der Waals surface area contributed by atoms with E-state index in [0.717, 1.165) is 16.7 Å². The van der Waals surface area contributed by atoms with Gasteiger partial charge in [-0.05, 0) is 24.3 Å². The molecule has 0 radical (unpaired) electrons. The molecule has 0 atom stereocenters. The molecule has 3 aromatic rings. The van der Waals surface area contributed by atoms with Crippen LogP contribution >= 0.6 is 11.3 Å². The summed E-state index contributed by atoms with van der Waals surface area (Å²) in [6, 6.07) is 7.71. The first-order valence-corrected chi connectivity index (χ1v) is 6.83. The first kappa shape index (κ1) is 12.6. The third-order valence-electron chi connectivity index (χ3n) is 2.90. The lowest BCUT2D eigenvalue weighted by atomic mass is 10.2. The number of anilines is 1. The maximum Gasteiger partial charge on any atom is 0.246 e. The molecule has 0 bridgehead atoms. The Hall–Kier alpha value is -2.41.